The van der Waals surface area contributed by atoms with Crippen molar-refractivity contribution in [1.82, 2.24) is 4.90 Å². The van der Waals surface area contributed by atoms with Gasteiger partial charge in [-0.25, -0.2) is 0 Å². The molecule has 1 saturated heterocycles. The van der Waals surface area contributed by atoms with Gasteiger partial charge in [0.05, 0.1) is 6.10 Å². The normalized spacial score (nSPS) is 20.2. The van der Waals surface area contributed by atoms with Crippen molar-refractivity contribution in [3.05, 3.63) is 35.4 Å². The molecule has 1 aliphatic heterocycles. The molecule has 8 heteroatoms. The number of alkyl halides is 3. The molecule has 25 heavy (non-hydrogen) atoms. The van der Waals surface area contributed by atoms with E-state index in [1.165, 1.54) is 0 Å². The summed E-state index contributed by atoms with van der Waals surface area (Å²) in [5.74, 6) is -0.601. The standard InChI is InChI=1S/C17H23F3N2O2.ClH/c1-12-2-4-13(5-3-12)8-9-22(11-17(18,19)20)16(23)15-7-6-14(10-21)24-15;/h2-5,14-15H,6-11,21H2,1H3;1H/t14-,15+;/m1./s1. The molecule has 1 aromatic rings. The number of hydrogen-bond acceptors (Lipinski definition) is 3. The Balaban J connectivity index is 0.00000312. The number of hydrogen-bond donors (Lipinski definition) is 1. The summed E-state index contributed by atoms with van der Waals surface area (Å²) in [4.78, 5) is 13.3. The van der Waals surface area contributed by atoms with Crippen LogP contribution in [-0.4, -0.2) is 48.8 Å². The van der Waals surface area contributed by atoms with Gasteiger partial charge in [-0.1, -0.05) is 29.8 Å². The fourth-order valence-corrected chi connectivity index (χ4v) is 2.77. The molecule has 0 saturated carbocycles. The first-order valence-electron chi connectivity index (χ1n) is 8.05. The smallest absolute Gasteiger partial charge is 0.364 e. The van der Waals surface area contributed by atoms with Gasteiger partial charge in [0.15, 0.2) is 0 Å². The zero-order chi connectivity index (χ0) is 17.7. The quantitative estimate of drug-likeness (QED) is 0.825. The van der Waals surface area contributed by atoms with Crippen molar-refractivity contribution >= 4 is 18.3 Å². The van der Waals surface area contributed by atoms with Gasteiger partial charge in [0.1, 0.15) is 12.6 Å². The van der Waals surface area contributed by atoms with E-state index in [1.807, 2.05) is 31.2 Å². The minimum Gasteiger partial charge on any atom is -0.364 e. The Morgan fingerprint density at radius 2 is 1.92 bits per heavy atom. The van der Waals surface area contributed by atoms with Crippen molar-refractivity contribution in [3.8, 4) is 0 Å². The van der Waals surface area contributed by atoms with Crippen LogP contribution < -0.4 is 5.73 Å². The number of carbonyl (C=O) groups is 1. The van der Waals surface area contributed by atoms with Crippen LogP contribution in [0, 0.1) is 6.92 Å². The third kappa shape index (κ3) is 6.84. The van der Waals surface area contributed by atoms with E-state index in [4.69, 9.17) is 10.5 Å². The van der Waals surface area contributed by atoms with Crippen LogP contribution >= 0.6 is 12.4 Å². The van der Waals surface area contributed by atoms with Crippen molar-refractivity contribution in [2.24, 2.45) is 5.73 Å². The van der Waals surface area contributed by atoms with E-state index in [2.05, 4.69) is 0 Å². The van der Waals surface area contributed by atoms with Crippen LogP contribution in [0.25, 0.3) is 0 Å². The summed E-state index contributed by atoms with van der Waals surface area (Å²) in [6, 6.07) is 7.53. The average Bonchev–Trinajstić information content (AvgIpc) is 3.00. The lowest BCUT2D eigenvalue weighted by Gasteiger charge is -2.26. The molecule has 1 aliphatic rings. The predicted octanol–water partition coefficient (Wildman–Crippen LogP) is 2.86. The average molecular weight is 381 g/mol. The van der Waals surface area contributed by atoms with Crippen LogP contribution in [0.3, 0.4) is 0 Å². The Kier molecular flexibility index (Phi) is 8.18. The van der Waals surface area contributed by atoms with E-state index >= 15 is 0 Å². The molecule has 4 nitrogen and oxygen atoms in total. The summed E-state index contributed by atoms with van der Waals surface area (Å²) in [5.41, 5.74) is 7.46. The molecule has 0 aromatic heterocycles. The Morgan fingerprint density at radius 1 is 1.28 bits per heavy atom. The van der Waals surface area contributed by atoms with Crippen LogP contribution in [0.5, 0.6) is 0 Å². The topological polar surface area (TPSA) is 55.6 Å². The SMILES string of the molecule is Cc1ccc(CCN(CC(F)(F)F)C(=O)[C@@H]2CC[C@H](CN)O2)cc1.Cl. The van der Waals surface area contributed by atoms with Crippen LogP contribution in [0.4, 0.5) is 13.2 Å². The largest absolute Gasteiger partial charge is 0.406 e. The highest BCUT2D eigenvalue weighted by atomic mass is 35.5. The molecular weight excluding hydrogens is 357 g/mol. The van der Waals surface area contributed by atoms with Crippen molar-refractivity contribution in [2.45, 2.75) is 44.6 Å². The van der Waals surface area contributed by atoms with Crippen LogP contribution in [0.2, 0.25) is 0 Å². The number of ether oxygens (including phenoxy) is 1. The van der Waals surface area contributed by atoms with Gasteiger partial charge in [0.2, 0.25) is 0 Å². The monoisotopic (exact) mass is 380 g/mol. The van der Waals surface area contributed by atoms with E-state index in [0.29, 0.717) is 19.3 Å². The number of halogens is 4. The highest BCUT2D eigenvalue weighted by Crippen LogP contribution is 2.23. The van der Waals surface area contributed by atoms with E-state index < -0.39 is 24.7 Å². The van der Waals surface area contributed by atoms with Crippen molar-refractivity contribution in [1.29, 1.82) is 0 Å². The minimum absolute atomic E-state index is 0. The number of benzene rings is 1. The number of rotatable bonds is 6. The molecule has 142 valence electrons. The zero-order valence-electron chi connectivity index (χ0n) is 14.1. The summed E-state index contributed by atoms with van der Waals surface area (Å²) in [7, 11) is 0. The molecule has 2 rings (SSSR count). The molecular formula is C17H24ClF3N2O2. The third-order valence-electron chi connectivity index (χ3n) is 4.12. The zero-order valence-corrected chi connectivity index (χ0v) is 14.9. The Hall–Kier alpha value is -1.31. The van der Waals surface area contributed by atoms with Gasteiger partial charge in [-0.2, -0.15) is 13.2 Å². The van der Waals surface area contributed by atoms with Crippen molar-refractivity contribution < 1.29 is 22.7 Å². The van der Waals surface area contributed by atoms with Crippen LogP contribution in [-0.2, 0) is 16.0 Å². The Morgan fingerprint density at radius 3 is 2.44 bits per heavy atom. The number of nitrogens with two attached hydrogens (primary N) is 1. The molecule has 1 heterocycles. The second kappa shape index (κ2) is 9.40. The maximum atomic E-state index is 12.8. The van der Waals surface area contributed by atoms with E-state index in [-0.39, 0.29) is 31.6 Å². The Bertz CT molecular complexity index is 552. The lowest BCUT2D eigenvalue weighted by atomic mass is 10.1. The maximum Gasteiger partial charge on any atom is 0.406 e. The van der Waals surface area contributed by atoms with Gasteiger partial charge in [-0.3, -0.25) is 4.79 Å². The third-order valence-corrected chi connectivity index (χ3v) is 4.12. The summed E-state index contributed by atoms with van der Waals surface area (Å²) >= 11 is 0. The first-order valence-corrected chi connectivity index (χ1v) is 8.05. The van der Waals surface area contributed by atoms with Gasteiger partial charge in [-0.15, -0.1) is 12.4 Å². The Labute approximate surface area is 151 Å². The summed E-state index contributed by atoms with van der Waals surface area (Å²) in [6.07, 6.45) is -4.11. The van der Waals surface area contributed by atoms with Crippen molar-refractivity contribution in [2.75, 3.05) is 19.6 Å². The van der Waals surface area contributed by atoms with Crippen LogP contribution in [0.15, 0.2) is 24.3 Å². The summed E-state index contributed by atoms with van der Waals surface area (Å²) in [5, 5.41) is 0. The molecule has 0 bridgehead atoms. The molecule has 1 fully saturated rings. The summed E-state index contributed by atoms with van der Waals surface area (Å²) in [6.45, 7) is 0.959. The number of amides is 1. The molecule has 0 unspecified atom stereocenters. The predicted molar refractivity (Wildman–Crippen MR) is 91.7 cm³/mol. The molecule has 2 N–H and O–H groups in total. The van der Waals surface area contributed by atoms with Gasteiger partial charge in [-0.05, 0) is 31.7 Å². The second-order valence-electron chi connectivity index (χ2n) is 6.17. The van der Waals surface area contributed by atoms with E-state index in [1.54, 1.807) is 0 Å². The molecule has 0 radical (unpaired) electrons. The van der Waals surface area contributed by atoms with Crippen molar-refractivity contribution in [3.63, 3.8) is 0 Å². The second-order valence-corrected chi connectivity index (χ2v) is 6.17. The molecule has 2 atom stereocenters. The summed E-state index contributed by atoms with van der Waals surface area (Å²) < 4.78 is 43.9. The lowest BCUT2D eigenvalue weighted by molar-refractivity contribution is -0.167. The van der Waals surface area contributed by atoms with Gasteiger partial charge in [0, 0.05) is 13.1 Å². The van der Waals surface area contributed by atoms with Gasteiger partial charge >= 0.3 is 6.18 Å². The van der Waals surface area contributed by atoms with E-state index in [0.717, 1.165) is 16.0 Å². The van der Waals surface area contributed by atoms with Crippen LogP contribution in [0.1, 0.15) is 24.0 Å². The van der Waals surface area contributed by atoms with Gasteiger partial charge in [0.25, 0.3) is 5.91 Å². The lowest BCUT2D eigenvalue weighted by Crippen LogP contribution is -2.45. The van der Waals surface area contributed by atoms with Gasteiger partial charge < -0.3 is 15.4 Å². The maximum absolute atomic E-state index is 12.8. The fourth-order valence-electron chi connectivity index (χ4n) is 2.77. The van der Waals surface area contributed by atoms with E-state index in [9.17, 15) is 18.0 Å². The first-order chi connectivity index (χ1) is 11.3. The minimum atomic E-state index is -4.44. The highest BCUT2D eigenvalue weighted by molar-refractivity contribution is 5.85. The number of nitrogens with zero attached hydrogens (tertiary/aromatic N) is 1. The molecule has 0 spiro atoms. The number of aryl methyl sites for hydroxylation is 1. The fraction of sp³-hybridized carbons (Fsp3) is 0.588. The number of carbonyl (C=O) groups excluding carboxylic acids is 1. The molecule has 1 aromatic carbocycles. The molecule has 0 aliphatic carbocycles. The molecule has 1 amide bonds. The highest BCUT2D eigenvalue weighted by Gasteiger charge is 2.38. The first kappa shape index (κ1) is 21.7.